The highest BCUT2D eigenvalue weighted by atomic mass is 16.5. The second-order valence-corrected chi connectivity index (χ2v) is 6.29. The Morgan fingerprint density at radius 3 is 2.33 bits per heavy atom. The van der Waals surface area contributed by atoms with Crippen molar-refractivity contribution in [3.8, 4) is 0 Å². The van der Waals surface area contributed by atoms with E-state index in [1.807, 2.05) is 0 Å². The van der Waals surface area contributed by atoms with Crippen molar-refractivity contribution < 1.29 is 4.74 Å². The average molecular weight is 257 g/mol. The summed E-state index contributed by atoms with van der Waals surface area (Å²) in [5.41, 5.74) is 0.222. The molecule has 4 heteroatoms. The molecular formula is C14H31N3O. The number of likely N-dealkylation sites (N-methyl/N-ethyl adjacent to an activating group) is 1. The first kappa shape index (κ1) is 15.9. The molecule has 0 spiro atoms. The van der Waals surface area contributed by atoms with Crippen LogP contribution >= 0.6 is 0 Å². The molecule has 0 radical (unpaired) electrons. The fourth-order valence-electron chi connectivity index (χ4n) is 2.00. The lowest BCUT2D eigenvalue weighted by Gasteiger charge is -2.32. The van der Waals surface area contributed by atoms with Crippen LogP contribution in [0.4, 0.5) is 0 Å². The zero-order valence-electron chi connectivity index (χ0n) is 12.7. The summed E-state index contributed by atoms with van der Waals surface area (Å²) in [4.78, 5) is 4.88. The number of nitrogens with one attached hydrogen (secondary N) is 1. The number of rotatable bonds is 7. The molecular weight excluding hydrogens is 226 g/mol. The van der Waals surface area contributed by atoms with E-state index in [0.29, 0.717) is 0 Å². The number of hydrogen-bond donors (Lipinski definition) is 1. The first-order valence-corrected chi connectivity index (χ1v) is 7.21. The van der Waals surface area contributed by atoms with Crippen molar-refractivity contribution in [2.75, 3.05) is 59.5 Å². The number of nitrogens with zero attached hydrogens (tertiary/aromatic N) is 2. The predicted octanol–water partition coefficient (Wildman–Crippen LogP) is 1.03. The molecule has 4 nitrogen and oxygen atoms in total. The van der Waals surface area contributed by atoms with Crippen LogP contribution in [0.25, 0.3) is 0 Å². The van der Waals surface area contributed by atoms with E-state index in [2.05, 4.69) is 42.9 Å². The van der Waals surface area contributed by atoms with Crippen molar-refractivity contribution in [1.82, 2.24) is 15.1 Å². The maximum Gasteiger partial charge on any atom is 0.0593 e. The van der Waals surface area contributed by atoms with Crippen LogP contribution in [0.15, 0.2) is 0 Å². The summed E-state index contributed by atoms with van der Waals surface area (Å²) in [7, 11) is 2.19. The molecule has 0 aromatic rings. The van der Waals surface area contributed by atoms with Gasteiger partial charge in [-0.3, -0.25) is 4.90 Å². The third-order valence-corrected chi connectivity index (χ3v) is 3.27. The Morgan fingerprint density at radius 1 is 1.06 bits per heavy atom. The van der Waals surface area contributed by atoms with Gasteiger partial charge >= 0.3 is 0 Å². The van der Waals surface area contributed by atoms with Crippen molar-refractivity contribution in [1.29, 1.82) is 0 Å². The van der Waals surface area contributed by atoms with E-state index in [0.717, 1.165) is 32.7 Å². The zero-order valence-corrected chi connectivity index (χ0v) is 12.7. The van der Waals surface area contributed by atoms with Crippen molar-refractivity contribution in [2.45, 2.75) is 32.7 Å². The number of piperazine rings is 1. The molecule has 0 aliphatic carbocycles. The van der Waals surface area contributed by atoms with Gasteiger partial charge in [-0.1, -0.05) is 0 Å². The van der Waals surface area contributed by atoms with Gasteiger partial charge in [-0.2, -0.15) is 0 Å². The molecule has 0 bridgehead atoms. The molecule has 1 N–H and O–H groups in total. The fourth-order valence-corrected chi connectivity index (χ4v) is 2.00. The predicted molar refractivity (Wildman–Crippen MR) is 77.1 cm³/mol. The standard InChI is InChI=1S/C14H31N3O/c1-14(2,3)15-6-5-12-18-13-11-17-9-7-16(4)8-10-17/h15H,5-13H2,1-4H3. The van der Waals surface area contributed by atoms with Gasteiger partial charge in [0.25, 0.3) is 0 Å². The van der Waals surface area contributed by atoms with Crippen LogP contribution in [-0.4, -0.2) is 74.9 Å². The van der Waals surface area contributed by atoms with Crippen LogP contribution < -0.4 is 5.32 Å². The Kier molecular flexibility index (Phi) is 7.15. The maximum absolute atomic E-state index is 5.68. The highest BCUT2D eigenvalue weighted by Crippen LogP contribution is 1.99. The molecule has 108 valence electrons. The Labute approximate surface area is 113 Å². The molecule has 0 saturated carbocycles. The summed E-state index contributed by atoms with van der Waals surface area (Å²) >= 11 is 0. The van der Waals surface area contributed by atoms with E-state index in [9.17, 15) is 0 Å². The first-order chi connectivity index (χ1) is 8.47. The summed E-state index contributed by atoms with van der Waals surface area (Å²) in [5.74, 6) is 0. The second kappa shape index (κ2) is 8.10. The van der Waals surface area contributed by atoms with Gasteiger partial charge in [-0.15, -0.1) is 0 Å². The normalized spacial score (nSPS) is 19.3. The minimum absolute atomic E-state index is 0.222. The van der Waals surface area contributed by atoms with Gasteiger partial charge < -0.3 is 15.0 Å². The van der Waals surface area contributed by atoms with Gasteiger partial charge in [0.15, 0.2) is 0 Å². The lowest BCUT2D eigenvalue weighted by molar-refractivity contribution is 0.0803. The number of hydrogen-bond acceptors (Lipinski definition) is 4. The van der Waals surface area contributed by atoms with Gasteiger partial charge in [-0.25, -0.2) is 0 Å². The average Bonchev–Trinajstić information content (AvgIpc) is 2.29. The van der Waals surface area contributed by atoms with Crippen molar-refractivity contribution in [3.05, 3.63) is 0 Å². The Balaban J connectivity index is 1.87. The maximum atomic E-state index is 5.68. The first-order valence-electron chi connectivity index (χ1n) is 7.21. The third kappa shape index (κ3) is 8.03. The van der Waals surface area contributed by atoms with Gasteiger partial charge in [0, 0.05) is 44.9 Å². The zero-order chi connectivity index (χ0) is 13.4. The smallest absolute Gasteiger partial charge is 0.0593 e. The monoisotopic (exact) mass is 257 g/mol. The summed E-state index contributed by atoms with van der Waals surface area (Å²) in [6, 6.07) is 0. The molecule has 1 aliphatic heterocycles. The minimum Gasteiger partial charge on any atom is -0.380 e. The Morgan fingerprint density at radius 2 is 1.72 bits per heavy atom. The molecule has 0 atom stereocenters. The minimum atomic E-state index is 0.222. The second-order valence-electron chi connectivity index (χ2n) is 6.29. The van der Waals surface area contributed by atoms with Crippen LogP contribution in [0.3, 0.4) is 0 Å². The van der Waals surface area contributed by atoms with Crippen molar-refractivity contribution in [3.63, 3.8) is 0 Å². The highest BCUT2D eigenvalue weighted by molar-refractivity contribution is 4.70. The molecule has 1 aliphatic rings. The van der Waals surface area contributed by atoms with Crippen LogP contribution in [0.2, 0.25) is 0 Å². The van der Waals surface area contributed by atoms with Gasteiger partial charge in [0.1, 0.15) is 0 Å². The molecule has 0 unspecified atom stereocenters. The van der Waals surface area contributed by atoms with Crippen LogP contribution in [0.5, 0.6) is 0 Å². The lowest BCUT2D eigenvalue weighted by Crippen LogP contribution is -2.45. The molecule has 18 heavy (non-hydrogen) atoms. The Hall–Kier alpha value is -0.160. The molecule has 1 fully saturated rings. The quantitative estimate of drug-likeness (QED) is 0.690. The SMILES string of the molecule is CN1CCN(CCOCCCNC(C)(C)C)CC1. The highest BCUT2D eigenvalue weighted by Gasteiger charge is 2.12. The Bertz CT molecular complexity index is 208. The summed E-state index contributed by atoms with van der Waals surface area (Å²) in [5, 5.41) is 3.47. The number of ether oxygens (including phenoxy) is 1. The van der Waals surface area contributed by atoms with Gasteiger partial charge in [0.2, 0.25) is 0 Å². The summed E-state index contributed by atoms with van der Waals surface area (Å²) < 4.78 is 5.68. The van der Waals surface area contributed by atoms with E-state index in [4.69, 9.17) is 4.74 Å². The van der Waals surface area contributed by atoms with Gasteiger partial charge in [0.05, 0.1) is 6.61 Å². The molecule has 1 rings (SSSR count). The van der Waals surface area contributed by atoms with E-state index < -0.39 is 0 Å². The van der Waals surface area contributed by atoms with Crippen LogP contribution in [0.1, 0.15) is 27.2 Å². The van der Waals surface area contributed by atoms with Crippen LogP contribution in [0, 0.1) is 0 Å². The van der Waals surface area contributed by atoms with Crippen molar-refractivity contribution in [2.24, 2.45) is 0 Å². The molecule has 0 amide bonds. The fraction of sp³-hybridized carbons (Fsp3) is 1.00. The van der Waals surface area contributed by atoms with Crippen LogP contribution in [-0.2, 0) is 4.74 Å². The van der Waals surface area contributed by atoms with Gasteiger partial charge in [-0.05, 0) is 40.8 Å². The van der Waals surface area contributed by atoms with E-state index in [1.54, 1.807) is 0 Å². The topological polar surface area (TPSA) is 27.7 Å². The lowest BCUT2D eigenvalue weighted by atomic mass is 10.1. The molecule has 1 saturated heterocycles. The van der Waals surface area contributed by atoms with E-state index in [-0.39, 0.29) is 5.54 Å². The molecule has 0 aromatic carbocycles. The van der Waals surface area contributed by atoms with E-state index >= 15 is 0 Å². The van der Waals surface area contributed by atoms with Crippen molar-refractivity contribution >= 4 is 0 Å². The third-order valence-electron chi connectivity index (χ3n) is 3.27. The molecule has 0 aromatic heterocycles. The molecule has 1 heterocycles. The summed E-state index contributed by atoms with van der Waals surface area (Å²) in [6.45, 7) is 15.2. The summed E-state index contributed by atoms with van der Waals surface area (Å²) in [6.07, 6.45) is 1.10. The largest absolute Gasteiger partial charge is 0.380 e. The van der Waals surface area contributed by atoms with E-state index in [1.165, 1.54) is 26.2 Å².